The SMILES string of the molecule is Cc1ccc(C)c(S(=O)(=O)C2(C(=O)NCCC3CCNC3)CCCC2)c1.Cl. The quantitative estimate of drug-likeness (QED) is 0.750. The van der Waals surface area contributed by atoms with E-state index in [1.165, 1.54) is 0 Å². The number of aryl methyl sites for hydroxylation is 2. The first kappa shape index (κ1) is 22.2. The molecule has 1 atom stereocenters. The molecule has 1 aliphatic heterocycles. The first-order chi connectivity index (χ1) is 12.4. The van der Waals surface area contributed by atoms with Gasteiger partial charge in [-0.15, -0.1) is 12.4 Å². The summed E-state index contributed by atoms with van der Waals surface area (Å²) in [6, 6.07) is 5.45. The number of carbonyl (C=O) groups excluding carboxylic acids is 1. The Morgan fingerprint density at radius 2 is 1.96 bits per heavy atom. The molecule has 1 amide bonds. The molecule has 0 radical (unpaired) electrons. The summed E-state index contributed by atoms with van der Waals surface area (Å²) in [5.74, 6) is 0.271. The fourth-order valence-corrected chi connectivity index (χ4v) is 6.68. The van der Waals surface area contributed by atoms with Crippen molar-refractivity contribution in [2.45, 2.75) is 62.0 Å². The van der Waals surface area contributed by atoms with E-state index in [1.54, 1.807) is 13.0 Å². The van der Waals surface area contributed by atoms with E-state index >= 15 is 0 Å². The molecule has 7 heteroatoms. The molecule has 1 aromatic rings. The van der Waals surface area contributed by atoms with Crippen LogP contribution in [-0.4, -0.2) is 38.7 Å². The summed E-state index contributed by atoms with van der Waals surface area (Å²) in [4.78, 5) is 13.4. The third kappa shape index (κ3) is 4.33. The average Bonchev–Trinajstić information content (AvgIpc) is 3.29. The standard InChI is InChI=1S/C20H30N2O3S.ClH/c1-15-5-6-16(2)18(13-15)26(24,25)20(9-3-4-10-20)19(23)22-12-8-17-7-11-21-14-17;/h5-6,13,17,21H,3-4,7-12,14H2,1-2H3,(H,22,23);1H. The van der Waals surface area contributed by atoms with Gasteiger partial charge in [0.15, 0.2) is 14.6 Å². The molecule has 0 spiro atoms. The highest BCUT2D eigenvalue weighted by Gasteiger charge is 2.53. The van der Waals surface area contributed by atoms with Crippen LogP contribution in [0.2, 0.25) is 0 Å². The smallest absolute Gasteiger partial charge is 0.241 e. The Bertz CT molecular complexity index is 767. The molecule has 1 aromatic carbocycles. The molecule has 3 rings (SSSR count). The first-order valence-electron chi connectivity index (χ1n) is 9.68. The fraction of sp³-hybridized carbons (Fsp3) is 0.650. The molecule has 2 fully saturated rings. The van der Waals surface area contributed by atoms with Gasteiger partial charge in [-0.05, 0) is 75.7 Å². The Labute approximate surface area is 169 Å². The van der Waals surface area contributed by atoms with Crippen LogP contribution in [0.3, 0.4) is 0 Å². The van der Waals surface area contributed by atoms with Gasteiger partial charge in [-0.2, -0.15) is 0 Å². The zero-order valence-electron chi connectivity index (χ0n) is 16.2. The van der Waals surface area contributed by atoms with Crippen LogP contribution in [0.15, 0.2) is 23.1 Å². The number of carbonyl (C=O) groups is 1. The van der Waals surface area contributed by atoms with Crippen molar-refractivity contribution in [3.05, 3.63) is 29.3 Å². The number of rotatable bonds is 6. The van der Waals surface area contributed by atoms with Gasteiger partial charge in [0, 0.05) is 6.54 Å². The van der Waals surface area contributed by atoms with Crippen molar-refractivity contribution < 1.29 is 13.2 Å². The van der Waals surface area contributed by atoms with Gasteiger partial charge in [0.25, 0.3) is 0 Å². The van der Waals surface area contributed by atoms with Gasteiger partial charge in [-0.1, -0.05) is 25.0 Å². The van der Waals surface area contributed by atoms with Crippen LogP contribution in [0.1, 0.15) is 49.7 Å². The summed E-state index contributed by atoms with van der Waals surface area (Å²) < 4.78 is 25.7. The maximum atomic E-state index is 13.5. The van der Waals surface area contributed by atoms with Gasteiger partial charge >= 0.3 is 0 Å². The van der Waals surface area contributed by atoms with Crippen molar-refractivity contribution >= 4 is 28.2 Å². The number of sulfone groups is 1. The minimum atomic E-state index is -3.73. The topological polar surface area (TPSA) is 75.3 Å². The van der Waals surface area contributed by atoms with E-state index in [0.717, 1.165) is 44.3 Å². The minimum Gasteiger partial charge on any atom is -0.355 e. The Morgan fingerprint density at radius 3 is 2.59 bits per heavy atom. The van der Waals surface area contributed by atoms with Crippen molar-refractivity contribution in [3.63, 3.8) is 0 Å². The predicted molar refractivity (Wildman–Crippen MR) is 110 cm³/mol. The molecule has 0 bridgehead atoms. The van der Waals surface area contributed by atoms with Crippen molar-refractivity contribution in [1.29, 1.82) is 0 Å². The number of hydrogen-bond donors (Lipinski definition) is 2. The van der Waals surface area contributed by atoms with Crippen molar-refractivity contribution in [3.8, 4) is 0 Å². The largest absolute Gasteiger partial charge is 0.355 e. The molecule has 0 aromatic heterocycles. The Morgan fingerprint density at radius 1 is 1.26 bits per heavy atom. The van der Waals surface area contributed by atoms with Crippen molar-refractivity contribution in [2.24, 2.45) is 5.92 Å². The van der Waals surface area contributed by atoms with E-state index in [4.69, 9.17) is 0 Å². The third-order valence-electron chi connectivity index (χ3n) is 5.97. The molecule has 1 aliphatic carbocycles. The zero-order chi connectivity index (χ0) is 18.8. The number of benzene rings is 1. The van der Waals surface area contributed by atoms with Gasteiger partial charge in [-0.3, -0.25) is 4.79 Å². The van der Waals surface area contributed by atoms with Gasteiger partial charge in [0.05, 0.1) is 4.90 Å². The van der Waals surface area contributed by atoms with Gasteiger partial charge < -0.3 is 10.6 Å². The van der Waals surface area contributed by atoms with Gasteiger partial charge in [0.2, 0.25) is 5.91 Å². The molecule has 2 N–H and O–H groups in total. The summed E-state index contributed by atoms with van der Waals surface area (Å²) in [6.07, 6.45) is 4.42. The van der Waals surface area contributed by atoms with Crippen LogP contribution in [0.5, 0.6) is 0 Å². The minimum absolute atomic E-state index is 0. The van der Waals surface area contributed by atoms with E-state index in [9.17, 15) is 13.2 Å². The lowest BCUT2D eigenvalue weighted by molar-refractivity contribution is -0.123. The maximum absolute atomic E-state index is 13.5. The molecule has 1 saturated heterocycles. The van der Waals surface area contributed by atoms with Crippen LogP contribution >= 0.6 is 12.4 Å². The van der Waals surface area contributed by atoms with E-state index in [2.05, 4.69) is 10.6 Å². The molecule has 1 unspecified atom stereocenters. The molecular formula is C20H31ClN2O3S. The lowest BCUT2D eigenvalue weighted by Gasteiger charge is -2.28. The number of halogens is 1. The summed E-state index contributed by atoms with van der Waals surface area (Å²) in [6.45, 7) is 6.26. The van der Waals surface area contributed by atoms with Gasteiger partial charge in [0.1, 0.15) is 0 Å². The highest BCUT2D eigenvalue weighted by atomic mass is 35.5. The van der Waals surface area contributed by atoms with E-state index in [0.29, 0.717) is 35.8 Å². The number of hydrogen-bond acceptors (Lipinski definition) is 4. The first-order valence-corrected chi connectivity index (χ1v) is 11.2. The number of nitrogens with one attached hydrogen (secondary N) is 2. The average molecular weight is 415 g/mol. The molecule has 27 heavy (non-hydrogen) atoms. The lowest BCUT2D eigenvalue weighted by Crippen LogP contribution is -2.51. The Kier molecular flexibility index (Phi) is 7.33. The van der Waals surface area contributed by atoms with Crippen LogP contribution in [0.25, 0.3) is 0 Å². The second-order valence-corrected chi connectivity index (χ2v) is 10.1. The van der Waals surface area contributed by atoms with Crippen LogP contribution in [-0.2, 0) is 14.6 Å². The maximum Gasteiger partial charge on any atom is 0.241 e. The molecule has 5 nitrogen and oxygen atoms in total. The number of amides is 1. The van der Waals surface area contributed by atoms with Gasteiger partial charge in [-0.25, -0.2) is 8.42 Å². The summed E-state index contributed by atoms with van der Waals surface area (Å²) >= 11 is 0. The van der Waals surface area contributed by atoms with Crippen molar-refractivity contribution in [1.82, 2.24) is 10.6 Å². The Balaban J connectivity index is 0.00000261. The second kappa shape index (κ2) is 8.93. The fourth-order valence-electron chi connectivity index (χ4n) is 4.28. The Hall–Kier alpha value is -1.11. The predicted octanol–water partition coefficient (Wildman–Crippen LogP) is 2.93. The monoisotopic (exact) mass is 414 g/mol. The third-order valence-corrected chi connectivity index (χ3v) is 8.61. The highest BCUT2D eigenvalue weighted by molar-refractivity contribution is 7.93. The zero-order valence-corrected chi connectivity index (χ0v) is 17.8. The molecular weight excluding hydrogens is 384 g/mol. The second-order valence-electron chi connectivity index (χ2n) is 7.88. The van der Waals surface area contributed by atoms with E-state index < -0.39 is 14.6 Å². The van der Waals surface area contributed by atoms with E-state index in [1.807, 2.05) is 19.1 Å². The summed E-state index contributed by atoms with van der Waals surface area (Å²) in [7, 11) is -3.73. The van der Waals surface area contributed by atoms with Crippen LogP contribution in [0.4, 0.5) is 0 Å². The molecule has 2 aliphatic rings. The molecule has 1 heterocycles. The van der Waals surface area contributed by atoms with E-state index in [-0.39, 0.29) is 18.3 Å². The van der Waals surface area contributed by atoms with Crippen molar-refractivity contribution in [2.75, 3.05) is 19.6 Å². The normalized spacial score (nSPS) is 21.6. The lowest BCUT2D eigenvalue weighted by atomic mass is 10.0. The summed E-state index contributed by atoms with van der Waals surface area (Å²) in [5, 5.41) is 6.28. The van der Waals surface area contributed by atoms with Crippen LogP contribution in [0, 0.1) is 19.8 Å². The highest BCUT2D eigenvalue weighted by Crippen LogP contribution is 2.41. The van der Waals surface area contributed by atoms with Crippen LogP contribution < -0.4 is 10.6 Å². The molecule has 1 saturated carbocycles. The summed E-state index contributed by atoms with van der Waals surface area (Å²) in [5.41, 5.74) is 1.61. The molecule has 152 valence electrons.